The number of amides is 2. The molecule has 114 valence electrons. The highest BCUT2D eigenvalue weighted by Crippen LogP contribution is 2.18. The Kier molecular flexibility index (Phi) is 5.20. The van der Waals surface area contributed by atoms with Gasteiger partial charge in [0.1, 0.15) is 0 Å². The molecule has 2 rings (SSSR count). The second-order valence-corrected chi connectivity index (χ2v) is 5.21. The van der Waals surface area contributed by atoms with Crippen molar-refractivity contribution >= 4 is 11.7 Å². The van der Waals surface area contributed by atoms with E-state index in [2.05, 4.69) is 41.7 Å². The van der Waals surface area contributed by atoms with Crippen LogP contribution in [-0.4, -0.2) is 42.4 Å². The fourth-order valence-corrected chi connectivity index (χ4v) is 2.31. The fraction of sp³-hybridized carbons (Fsp3) is 0.500. The van der Waals surface area contributed by atoms with Crippen molar-refractivity contribution in [1.82, 2.24) is 10.2 Å². The summed E-state index contributed by atoms with van der Waals surface area (Å²) in [6.07, 6.45) is 0.669. The highest BCUT2D eigenvalue weighted by Gasteiger charge is 2.25. The average molecular weight is 289 g/mol. The molecule has 1 atom stereocenters. The summed E-state index contributed by atoms with van der Waals surface area (Å²) in [5, 5.41) is 6.98. The predicted octanol–water partition coefficient (Wildman–Crippen LogP) is 2.54. The summed E-state index contributed by atoms with van der Waals surface area (Å²) in [6.45, 7) is 7.78. The Balaban J connectivity index is 1.91. The van der Waals surface area contributed by atoms with Gasteiger partial charge in [-0.3, -0.25) is 0 Å². The quantitative estimate of drug-likeness (QED) is 0.905. The van der Waals surface area contributed by atoms with E-state index in [1.165, 1.54) is 5.56 Å². The first kappa shape index (κ1) is 15.4. The Morgan fingerprint density at radius 1 is 1.38 bits per heavy atom. The lowest BCUT2D eigenvalue weighted by Crippen LogP contribution is -2.43. The van der Waals surface area contributed by atoms with Gasteiger partial charge in [0.15, 0.2) is 6.10 Å². The summed E-state index contributed by atoms with van der Waals surface area (Å²) in [5.41, 5.74) is 3.26. The third-order valence-electron chi connectivity index (χ3n) is 3.54. The number of benzene rings is 1. The molecule has 1 N–H and O–H groups in total. The molecule has 1 unspecified atom stereocenters. The van der Waals surface area contributed by atoms with E-state index in [9.17, 15) is 4.79 Å². The molecule has 0 saturated carbocycles. The van der Waals surface area contributed by atoms with Gasteiger partial charge in [0, 0.05) is 19.5 Å². The summed E-state index contributed by atoms with van der Waals surface area (Å²) in [5.74, 6) is 0. The van der Waals surface area contributed by atoms with Crippen LogP contribution in [0.5, 0.6) is 0 Å². The maximum atomic E-state index is 11.9. The van der Waals surface area contributed by atoms with Gasteiger partial charge in [0.05, 0.1) is 12.3 Å². The zero-order chi connectivity index (χ0) is 15.2. The van der Waals surface area contributed by atoms with E-state index >= 15 is 0 Å². The topological polar surface area (TPSA) is 53.9 Å². The van der Waals surface area contributed by atoms with Crippen molar-refractivity contribution in [2.75, 3.05) is 19.6 Å². The van der Waals surface area contributed by atoms with Crippen molar-refractivity contribution in [2.45, 2.75) is 33.3 Å². The molecule has 1 aromatic rings. The van der Waals surface area contributed by atoms with Crippen molar-refractivity contribution in [1.29, 1.82) is 0 Å². The zero-order valence-electron chi connectivity index (χ0n) is 12.9. The molecule has 0 spiro atoms. The number of carbonyl (C=O) groups is 1. The van der Waals surface area contributed by atoms with Gasteiger partial charge < -0.3 is 15.1 Å². The van der Waals surface area contributed by atoms with Crippen LogP contribution >= 0.6 is 0 Å². The number of carbonyl (C=O) groups excluding carboxylic acids is 1. The molecule has 5 nitrogen and oxygen atoms in total. The SMILES string of the molecule is CCNC(=O)N(CC)CC1CC(c2ccc(C)cc2)=NO1. The second-order valence-electron chi connectivity index (χ2n) is 5.21. The van der Waals surface area contributed by atoms with Crippen LogP contribution in [0.15, 0.2) is 29.4 Å². The largest absolute Gasteiger partial charge is 0.390 e. The molecule has 1 aliphatic heterocycles. The molecule has 0 saturated heterocycles. The molecule has 21 heavy (non-hydrogen) atoms. The monoisotopic (exact) mass is 289 g/mol. The van der Waals surface area contributed by atoms with Crippen molar-refractivity contribution in [2.24, 2.45) is 5.16 Å². The molecular formula is C16H23N3O2. The number of rotatable bonds is 5. The number of urea groups is 1. The van der Waals surface area contributed by atoms with Gasteiger partial charge in [0.25, 0.3) is 0 Å². The number of hydrogen-bond acceptors (Lipinski definition) is 3. The van der Waals surface area contributed by atoms with Gasteiger partial charge in [-0.2, -0.15) is 0 Å². The maximum Gasteiger partial charge on any atom is 0.317 e. The summed E-state index contributed by atoms with van der Waals surface area (Å²) in [7, 11) is 0. The van der Waals surface area contributed by atoms with E-state index in [-0.39, 0.29) is 12.1 Å². The number of likely N-dealkylation sites (N-methyl/N-ethyl adjacent to an activating group) is 1. The lowest BCUT2D eigenvalue weighted by atomic mass is 10.0. The first-order chi connectivity index (χ1) is 10.1. The third kappa shape index (κ3) is 3.97. The Bertz CT molecular complexity index is 511. The van der Waals surface area contributed by atoms with Crippen molar-refractivity contribution in [3.63, 3.8) is 0 Å². The van der Waals surface area contributed by atoms with E-state index in [1.807, 2.05) is 13.8 Å². The number of aryl methyl sites for hydroxylation is 1. The van der Waals surface area contributed by atoms with Crippen LogP contribution < -0.4 is 5.32 Å². The van der Waals surface area contributed by atoms with Crippen LogP contribution in [0.25, 0.3) is 0 Å². The van der Waals surface area contributed by atoms with Crippen LogP contribution in [0.3, 0.4) is 0 Å². The Morgan fingerprint density at radius 2 is 2.10 bits per heavy atom. The molecule has 0 fully saturated rings. The van der Waals surface area contributed by atoms with Gasteiger partial charge >= 0.3 is 6.03 Å². The minimum absolute atomic E-state index is 0.0487. The second kappa shape index (κ2) is 7.11. The van der Waals surface area contributed by atoms with Crippen molar-refractivity contribution in [3.05, 3.63) is 35.4 Å². The van der Waals surface area contributed by atoms with E-state index < -0.39 is 0 Å². The van der Waals surface area contributed by atoms with Gasteiger partial charge in [-0.15, -0.1) is 0 Å². The van der Waals surface area contributed by atoms with Gasteiger partial charge in [-0.1, -0.05) is 35.0 Å². The third-order valence-corrected chi connectivity index (χ3v) is 3.54. The van der Waals surface area contributed by atoms with Crippen LogP contribution in [-0.2, 0) is 4.84 Å². The number of nitrogens with zero attached hydrogens (tertiary/aromatic N) is 2. The predicted molar refractivity (Wildman–Crippen MR) is 83.5 cm³/mol. The molecule has 0 radical (unpaired) electrons. The number of nitrogens with one attached hydrogen (secondary N) is 1. The fourth-order valence-electron chi connectivity index (χ4n) is 2.31. The van der Waals surface area contributed by atoms with Crippen LogP contribution in [0, 0.1) is 6.92 Å². The summed E-state index contributed by atoms with van der Waals surface area (Å²) in [6, 6.07) is 8.20. The van der Waals surface area contributed by atoms with E-state index in [1.54, 1.807) is 4.90 Å². The summed E-state index contributed by atoms with van der Waals surface area (Å²) in [4.78, 5) is 19.1. The van der Waals surface area contributed by atoms with Crippen LogP contribution in [0.1, 0.15) is 31.4 Å². The molecule has 0 aliphatic carbocycles. The molecule has 5 heteroatoms. The van der Waals surface area contributed by atoms with Crippen LogP contribution in [0.4, 0.5) is 4.79 Å². The molecule has 2 amide bonds. The first-order valence-corrected chi connectivity index (χ1v) is 7.46. The Labute approximate surface area is 126 Å². The summed E-state index contributed by atoms with van der Waals surface area (Å²) < 4.78 is 0. The lowest BCUT2D eigenvalue weighted by Gasteiger charge is -2.23. The number of oxime groups is 1. The molecule has 1 aromatic carbocycles. The van der Waals surface area contributed by atoms with Crippen LogP contribution in [0.2, 0.25) is 0 Å². The number of hydrogen-bond donors (Lipinski definition) is 1. The minimum atomic E-state index is -0.0659. The maximum absolute atomic E-state index is 11.9. The van der Waals surface area contributed by atoms with Gasteiger partial charge in [0.2, 0.25) is 0 Å². The minimum Gasteiger partial charge on any atom is -0.390 e. The molecule has 1 heterocycles. The Morgan fingerprint density at radius 3 is 2.71 bits per heavy atom. The van der Waals surface area contributed by atoms with E-state index in [0.29, 0.717) is 19.6 Å². The van der Waals surface area contributed by atoms with Crippen molar-refractivity contribution in [3.8, 4) is 0 Å². The lowest BCUT2D eigenvalue weighted by molar-refractivity contribution is 0.0617. The first-order valence-electron chi connectivity index (χ1n) is 7.46. The normalized spacial score (nSPS) is 17.1. The zero-order valence-corrected chi connectivity index (χ0v) is 12.9. The molecule has 1 aliphatic rings. The molecule has 0 bridgehead atoms. The van der Waals surface area contributed by atoms with Gasteiger partial charge in [-0.25, -0.2) is 4.79 Å². The standard InChI is InChI=1S/C16H23N3O2/c1-4-17-16(20)19(5-2)11-14-10-15(18-21-14)13-8-6-12(3)7-9-13/h6-9,14H,4-5,10-11H2,1-3H3,(H,17,20). The van der Waals surface area contributed by atoms with Gasteiger partial charge in [-0.05, 0) is 26.3 Å². The van der Waals surface area contributed by atoms with E-state index in [0.717, 1.165) is 17.7 Å². The summed E-state index contributed by atoms with van der Waals surface area (Å²) >= 11 is 0. The highest BCUT2D eigenvalue weighted by atomic mass is 16.6. The Hall–Kier alpha value is -2.04. The highest BCUT2D eigenvalue weighted by molar-refractivity contribution is 6.01. The van der Waals surface area contributed by atoms with E-state index in [4.69, 9.17) is 4.84 Å². The molecular weight excluding hydrogens is 266 g/mol. The average Bonchev–Trinajstić information content (AvgIpc) is 2.94. The van der Waals surface area contributed by atoms with Crippen molar-refractivity contribution < 1.29 is 9.63 Å². The smallest absolute Gasteiger partial charge is 0.317 e. The molecule has 0 aromatic heterocycles.